The van der Waals surface area contributed by atoms with Crippen LogP contribution in [0.1, 0.15) is 36.4 Å². The van der Waals surface area contributed by atoms with Crippen molar-refractivity contribution in [1.29, 1.82) is 0 Å². The van der Waals surface area contributed by atoms with Gasteiger partial charge in [-0.05, 0) is 43.9 Å². The van der Waals surface area contributed by atoms with Crippen LogP contribution in [-0.2, 0) is 0 Å². The number of pyridine rings is 1. The molecule has 2 atom stereocenters. The number of carbonyl (C=O) groups is 1. The maximum Gasteiger partial charge on any atom is 0.331 e. The quantitative estimate of drug-likeness (QED) is 0.820. The van der Waals surface area contributed by atoms with Gasteiger partial charge >= 0.3 is 6.03 Å². The Morgan fingerprint density at radius 1 is 1.41 bits per heavy atom. The van der Waals surface area contributed by atoms with Crippen LogP contribution in [0, 0.1) is 12.7 Å². The van der Waals surface area contributed by atoms with Gasteiger partial charge in [0, 0.05) is 24.4 Å². The number of phenols is 1. The lowest BCUT2D eigenvalue weighted by Crippen LogP contribution is -2.52. The third-order valence-corrected chi connectivity index (χ3v) is 5.44. The second-order valence-corrected chi connectivity index (χ2v) is 7.11. The second kappa shape index (κ2) is 7.70. The molecule has 6 nitrogen and oxygen atoms in total. The number of benzene rings is 1. The molecule has 8 heteroatoms. The van der Waals surface area contributed by atoms with E-state index in [1.807, 2.05) is 0 Å². The number of piperidine rings is 1. The Morgan fingerprint density at radius 2 is 2.15 bits per heavy atom. The Balaban J connectivity index is 1.99. The van der Waals surface area contributed by atoms with Crippen LogP contribution < -0.4 is 11.3 Å². The predicted molar refractivity (Wildman–Crippen MR) is 101 cm³/mol. The van der Waals surface area contributed by atoms with Crippen LogP contribution in [-0.4, -0.2) is 33.2 Å². The lowest BCUT2D eigenvalue weighted by atomic mass is 9.90. The van der Waals surface area contributed by atoms with E-state index in [1.165, 1.54) is 23.2 Å². The van der Waals surface area contributed by atoms with E-state index in [-0.39, 0.29) is 16.3 Å². The molecule has 1 saturated heterocycles. The van der Waals surface area contributed by atoms with Crippen molar-refractivity contribution in [2.75, 3.05) is 6.54 Å². The van der Waals surface area contributed by atoms with Gasteiger partial charge in [0.05, 0.1) is 17.1 Å². The van der Waals surface area contributed by atoms with Crippen LogP contribution in [0.2, 0.25) is 5.02 Å². The molecule has 0 aliphatic carbocycles. The summed E-state index contributed by atoms with van der Waals surface area (Å²) >= 11 is 5.99. The van der Waals surface area contributed by atoms with E-state index in [0.29, 0.717) is 18.5 Å². The number of nitrogens with zero attached hydrogens (tertiary/aromatic N) is 2. The zero-order valence-corrected chi connectivity index (χ0v) is 15.6. The van der Waals surface area contributed by atoms with E-state index in [1.54, 1.807) is 19.1 Å². The fraction of sp³-hybridized carbons (Fsp3) is 0.368. The molecule has 27 heavy (non-hydrogen) atoms. The highest BCUT2D eigenvalue weighted by Crippen LogP contribution is 2.37. The number of hydrogen-bond donors (Lipinski definition) is 2. The summed E-state index contributed by atoms with van der Waals surface area (Å²) in [7, 11) is 0. The van der Waals surface area contributed by atoms with Gasteiger partial charge in [-0.3, -0.25) is 4.79 Å². The smallest absolute Gasteiger partial charge is 0.331 e. The molecule has 1 aromatic carbocycles. The number of amides is 1. The molecule has 3 rings (SSSR count). The zero-order valence-electron chi connectivity index (χ0n) is 14.9. The summed E-state index contributed by atoms with van der Waals surface area (Å²) < 4.78 is 15.7. The van der Waals surface area contributed by atoms with Gasteiger partial charge in [-0.25, -0.2) is 13.8 Å². The third-order valence-electron chi connectivity index (χ3n) is 4.98. The van der Waals surface area contributed by atoms with E-state index < -0.39 is 29.5 Å². The van der Waals surface area contributed by atoms with Crippen LogP contribution in [0.25, 0.3) is 0 Å². The largest absolute Gasteiger partial charge is 0.507 e. The Bertz CT molecular complexity index is 931. The number of hydrogen-bond acceptors (Lipinski definition) is 4. The first kappa shape index (κ1) is 19.4. The van der Waals surface area contributed by atoms with Crippen molar-refractivity contribution in [3.05, 3.63) is 62.8 Å². The number of phenolic OH excluding ortho intramolecular Hbond substituents is 1. The number of aryl methyl sites for hydroxylation is 1. The number of halogens is 2. The monoisotopic (exact) mass is 393 g/mol. The Hall–Kier alpha value is -2.38. The fourth-order valence-electron chi connectivity index (χ4n) is 3.55. The van der Waals surface area contributed by atoms with Gasteiger partial charge in [-0.15, -0.1) is 0 Å². The van der Waals surface area contributed by atoms with Crippen LogP contribution in [0.5, 0.6) is 5.75 Å². The maximum absolute atomic E-state index is 14.7. The first-order valence-electron chi connectivity index (χ1n) is 8.74. The molecule has 1 aliphatic heterocycles. The molecule has 144 valence electrons. The number of rotatable bonds is 2. The third kappa shape index (κ3) is 3.57. The summed E-state index contributed by atoms with van der Waals surface area (Å²) in [6.07, 6.45) is 3.47. The molecule has 0 saturated carbocycles. The number of aromatic nitrogens is 1. The normalized spacial score (nSPS) is 18.4. The highest BCUT2D eigenvalue weighted by Gasteiger charge is 2.36. The molecule has 0 radical (unpaired) electrons. The molecule has 1 fully saturated rings. The van der Waals surface area contributed by atoms with Crippen molar-refractivity contribution in [2.45, 2.75) is 38.3 Å². The summed E-state index contributed by atoms with van der Waals surface area (Å²) in [6.45, 7) is 1.97. The zero-order chi connectivity index (χ0) is 19.7. The molecule has 1 aromatic heterocycles. The summed E-state index contributed by atoms with van der Waals surface area (Å²) in [6, 6.07) is 3.72. The first-order chi connectivity index (χ1) is 12.8. The summed E-state index contributed by atoms with van der Waals surface area (Å²) in [4.78, 5) is 26.4. The van der Waals surface area contributed by atoms with Gasteiger partial charge in [0.2, 0.25) is 0 Å². The Labute approximate surface area is 161 Å². The SMILES string of the molecule is Cc1cc(O)c([C@@H](N)C2CCCCN2C(=O)n2ccccc2=O)c(F)c1Cl. The average Bonchev–Trinajstić information content (AvgIpc) is 2.66. The Kier molecular flexibility index (Phi) is 5.53. The number of likely N-dealkylation sites (tertiary alicyclic amines) is 1. The minimum absolute atomic E-state index is 0.105. The molecule has 1 amide bonds. The van der Waals surface area contributed by atoms with Gasteiger partial charge in [-0.1, -0.05) is 17.7 Å². The average molecular weight is 394 g/mol. The molecule has 0 spiro atoms. The van der Waals surface area contributed by atoms with Gasteiger partial charge < -0.3 is 15.7 Å². The van der Waals surface area contributed by atoms with Gasteiger partial charge in [0.25, 0.3) is 5.56 Å². The van der Waals surface area contributed by atoms with Crippen LogP contribution in [0.3, 0.4) is 0 Å². The molecule has 3 N–H and O–H groups in total. The van der Waals surface area contributed by atoms with Crippen molar-refractivity contribution >= 4 is 17.6 Å². The van der Waals surface area contributed by atoms with Crippen LogP contribution >= 0.6 is 11.6 Å². The molecular formula is C19H21ClFN3O3. The topological polar surface area (TPSA) is 88.6 Å². The molecule has 1 unspecified atom stereocenters. The van der Waals surface area contributed by atoms with E-state index in [0.717, 1.165) is 17.4 Å². The van der Waals surface area contributed by atoms with E-state index >= 15 is 0 Å². The highest BCUT2D eigenvalue weighted by molar-refractivity contribution is 6.31. The van der Waals surface area contributed by atoms with Crippen molar-refractivity contribution in [3.8, 4) is 5.75 Å². The molecular weight excluding hydrogens is 373 g/mol. The highest BCUT2D eigenvalue weighted by atomic mass is 35.5. The number of carbonyl (C=O) groups excluding carboxylic acids is 1. The minimum atomic E-state index is -0.980. The molecule has 0 bridgehead atoms. The van der Waals surface area contributed by atoms with Gasteiger partial charge in [0.15, 0.2) is 5.82 Å². The lowest BCUT2D eigenvalue weighted by molar-refractivity contribution is 0.136. The molecule has 1 aliphatic rings. The van der Waals surface area contributed by atoms with Crippen molar-refractivity contribution < 1.29 is 14.3 Å². The fourth-order valence-corrected chi connectivity index (χ4v) is 3.71. The Morgan fingerprint density at radius 3 is 2.85 bits per heavy atom. The maximum atomic E-state index is 14.7. The standard InChI is InChI=1S/C19H21ClFN3O3/c1-11-10-13(25)15(17(21)16(11)20)18(22)12-6-2-4-8-23(12)19(27)24-9-5-3-7-14(24)26/h3,5,7,9-10,12,18,25H,2,4,6,8,22H2,1H3/t12?,18-/m0/s1. The number of aromatic hydroxyl groups is 1. The lowest BCUT2D eigenvalue weighted by Gasteiger charge is -2.39. The van der Waals surface area contributed by atoms with E-state index in [4.69, 9.17) is 17.3 Å². The summed E-state index contributed by atoms with van der Waals surface area (Å²) in [5.74, 6) is -1.08. The van der Waals surface area contributed by atoms with Crippen LogP contribution in [0.4, 0.5) is 9.18 Å². The van der Waals surface area contributed by atoms with E-state index in [9.17, 15) is 19.1 Å². The number of nitrogens with two attached hydrogens (primary N) is 1. The minimum Gasteiger partial charge on any atom is -0.507 e. The van der Waals surface area contributed by atoms with Crippen molar-refractivity contribution in [1.82, 2.24) is 9.47 Å². The van der Waals surface area contributed by atoms with Gasteiger partial charge in [0.1, 0.15) is 5.75 Å². The summed E-state index contributed by atoms with van der Waals surface area (Å²) in [5.41, 5.74) is 6.13. The van der Waals surface area contributed by atoms with Crippen molar-refractivity contribution in [2.24, 2.45) is 5.73 Å². The van der Waals surface area contributed by atoms with Gasteiger partial charge in [-0.2, -0.15) is 0 Å². The first-order valence-corrected chi connectivity index (χ1v) is 9.12. The predicted octanol–water partition coefficient (Wildman–Crippen LogP) is 3.18. The van der Waals surface area contributed by atoms with Crippen molar-refractivity contribution in [3.63, 3.8) is 0 Å². The van der Waals surface area contributed by atoms with E-state index in [2.05, 4.69) is 0 Å². The molecule has 2 heterocycles. The summed E-state index contributed by atoms with van der Waals surface area (Å²) in [5, 5.41) is 10.1. The van der Waals surface area contributed by atoms with Crippen LogP contribution in [0.15, 0.2) is 35.3 Å². The second-order valence-electron chi connectivity index (χ2n) is 6.73. The molecule has 2 aromatic rings.